The van der Waals surface area contributed by atoms with Gasteiger partial charge >= 0.3 is 5.97 Å². The van der Waals surface area contributed by atoms with E-state index in [9.17, 15) is 41.5 Å². The van der Waals surface area contributed by atoms with E-state index in [1.54, 1.807) is 12.1 Å². The van der Waals surface area contributed by atoms with Crippen LogP contribution in [0.15, 0.2) is 30.3 Å². The fourth-order valence-corrected chi connectivity index (χ4v) is 3.50. The van der Waals surface area contributed by atoms with Crippen LogP contribution in [-0.2, 0) is 24.0 Å². The van der Waals surface area contributed by atoms with Crippen LogP contribution in [0.25, 0.3) is 11.4 Å². The number of carboxylic acid groups (broad SMARTS) is 1. The molecule has 0 saturated heterocycles. The van der Waals surface area contributed by atoms with Crippen molar-refractivity contribution in [3.05, 3.63) is 53.6 Å². The summed E-state index contributed by atoms with van der Waals surface area (Å²) in [6, 6.07) is 4.51. The average Bonchev–Trinajstić information content (AvgIpc) is 3.49. The average molecular weight is 594 g/mol. The van der Waals surface area contributed by atoms with Gasteiger partial charge in [0.05, 0.1) is 6.04 Å². The zero-order valence-corrected chi connectivity index (χ0v) is 21.6. The number of carbonyl (C=O) groups is 5. The number of carboxylic acids is 1. The second-order valence-corrected chi connectivity index (χ2v) is 8.84. The van der Waals surface area contributed by atoms with E-state index in [2.05, 4.69) is 36.0 Å². The number of rotatable bonds is 14. The van der Waals surface area contributed by atoms with Gasteiger partial charge < -0.3 is 20.5 Å². The van der Waals surface area contributed by atoms with Crippen molar-refractivity contribution in [2.45, 2.75) is 32.2 Å². The zero-order chi connectivity index (χ0) is 31.0. The van der Waals surface area contributed by atoms with Gasteiger partial charge in [0.1, 0.15) is 6.61 Å². The highest BCUT2D eigenvalue weighted by Crippen LogP contribution is 2.26. The Hall–Kier alpha value is -5.22. The molecule has 0 spiro atoms. The molecule has 222 valence electrons. The first-order chi connectivity index (χ1) is 19.9. The predicted molar refractivity (Wildman–Crippen MR) is 133 cm³/mol. The second kappa shape index (κ2) is 13.9. The van der Waals surface area contributed by atoms with Crippen molar-refractivity contribution in [3.63, 3.8) is 0 Å². The standard InChI is InChI=1S/C25H22F4N6O7/c1-11(7-17(36)25(41)30-13-4-2-3-12(8-13)23-32-34-35-33-23)24(40)31-16(5-6-19(38)39)18(37)10-42-22-20(28)14(26)9-15(27)21(22)29/h2-4,8-9,11,16H,5-7,10H2,1H3,(H,30,41)(H,31,40)(H,38,39)(H,32,33,34,35)/t11-,16+/m1/s1. The molecule has 0 bridgehead atoms. The van der Waals surface area contributed by atoms with Gasteiger partial charge in [-0.25, -0.2) is 8.78 Å². The molecule has 13 nitrogen and oxygen atoms in total. The Labute approximate surface area is 233 Å². The van der Waals surface area contributed by atoms with Gasteiger partial charge in [-0.05, 0) is 23.8 Å². The molecule has 3 rings (SSSR count). The number of carbonyl (C=O) groups excluding carboxylic acids is 4. The van der Waals surface area contributed by atoms with E-state index in [1.807, 2.05) is 0 Å². The molecule has 0 radical (unpaired) electrons. The molecule has 0 fully saturated rings. The molecule has 0 aliphatic rings. The molecule has 0 aliphatic heterocycles. The summed E-state index contributed by atoms with van der Waals surface area (Å²) in [7, 11) is 0. The lowest BCUT2D eigenvalue weighted by Gasteiger charge is -2.20. The summed E-state index contributed by atoms with van der Waals surface area (Å²) < 4.78 is 59.1. The summed E-state index contributed by atoms with van der Waals surface area (Å²) in [5.41, 5.74) is 0.703. The van der Waals surface area contributed by atoms with Gasteiger partial charge in [-0.15, -0.1) is 10.2 Å². The molecule has 3 aromatic rings. The monoisotopic (exact) mass is 594 g/mol. The highest BCUT2D eigenvalue weighted by Gasteiger charge is 2.28. The maximum absolute atomic E-state index is 13.8. The number of Topliss-reactive ketones (excluding diaryl/α,β-unsaturated/α-hetero) is 2. The van der Waals surface area contributed by atoms with Gasteiger partial charge in [-0.2, -0.15) is 14.0 Å². The minimum Gasteiger partial charge on any atom is -0.481 e. The van der Waals surface area contributed by atoms with Crippen LogP contribution in [-0.4, -0.2) is 67.7 Å². The summed E-state index contributed by atoms with van der Waals surface area (Å²) >= 11 is 0. The molecule has 0 aliphatic carbocycles. The van der Waals surface area contributed by atoms with E-state index in [-0.39, 0.29) is 17.6 Å². The maximum Gasteiger partial charge on any atom is 0.303 e. The van der Waals surface area contributed by atoms with Gasteiger partial charge in [0, 0.05) is 36.1 Å². The molecule has 42 heavy (non-hydrogen) atoms. The number of halogens is 4. The van der Waals surface area contributed by atoms with Crippen LogP contribution < -0.4 is 15.4 Å². The molecule has 1 heterocycles. The van der Waals surface area contributed by atoms with Crippen molar-refractivity contribution < 1.29 is 51.4 Å². The third-order valence-corrected chi connectivity index (χ3v) is 5.70. The van der Waals surface area contributed by atoms with Crippen molar-refractivity contribution in [1.29, 1.82) is 0 Å². The number of hydrogen-bond acceptors (Lipinski definition) is 9. The molecule has 1 aromatic heterocycles. The van der Waals surface area contributed by atoms with Crippen LogP contribution in [0.5, 0.6) is 5.75 Å². The fourth-order valence-electron chi connectivity index (χ4n) is 3.50. The van der Waals surface area contributed by atoms with Crippen molar-refractivity contribution in [2.24, 2.45) is 5.92 Å². The smallest absolute Gasteiger partial charge is 0.303 e. The van der Waals surface area contributed by atoms with E-state index in [4.69, 9.17) is 5.11 Å². The topological polar surface area (TPSA) is 193 Å². The van der Waals surface area contributed by atoms with Crippen LogP contribution in [0.1, 0.15) is 26.2 Å². The first-order valence-electron chi connectivity index (χ1n) is 12.1. The lowest BCUT2D eigenvalue weighted by Crippen LogP contribution is -2.45. The molecular formula is C25H22F4N6O7. The third kappa shape index (κ3) is 8.15. The Morgan fingerprint density at radius 1 is 1.05 bits per heavy atom. The summed E-state index contributed by atoms with van der Waals surface area (Å²) in [4.78, 5) is 61.2. The van der Waals surface area contributed by atoms with Crippen LogP contribution in [0.4, 0.5) is 23.2 Å². The number of nitrogens with one attached hydrogen (secondary N) is 3. The van der Waals surface area contributed by atoms with Crippen LogP contribution >= 0.6 is 0 Å². The third-order valence-electron chi connectivity index (χ3n) is 5.70. The lowest BCUT2D eigenvalue weighted by atomic mass is 10.0. The van der Waals surface area contributed by atoms with Crippen LogP contribution in [0.2, 0.25) is 0 Å². The minimum atomic E-state index is -1.90. The van der Waals surface area contributed by atoms with E-state index in [1.165, 1.54) is 19.1 Å². The molecule has 17 heteroatoms. The number of tetrazole rings is 1. The first-order valence-corrected chi connectivity index (χ1v) is 12.1. The number of aliphatic carboxylic acids is 1. The number of ether oxygens (including phenoxy) is 1. The number of hydrogen-bond donors (Lipinski definition) is 4. The number of nitrogens with zero attached hydrogens (tertiary/aromatic N) is 3. The summed E-state index contributed by atoms with van der Waals surface area (Å²) in [6.45, 7) is 0.0623. The molecule has 4 N–H and O–H groups in total. The van der Waals surface area contributed by atoms with Gasteiger partial charge in [0.25, 0.3) is 5.91 Å². The fraction of sp³-hybridized carbons (Fsp3) is 0.280. The largest absolute Gasteiger partial charge is 0.481 e. The van der Waals surface area contributed by atoms with Crippen molar-refractivity contribution in [1.82, 2.24) is 25.9 Å². The van der Waals surface area contributed by atoms with Gasteiger partial charge in [-0.1, -0.05) is 19.1 Å². The van der Waals surface area contributed by atoms with E-state index >= 15 is 0 Å². The summed E-state index contributed by atoms with van der Waals surface area (Å²) in [5, 5.41) is 26.8. The van der Waals surface area contributed by atoms with Crippen molar-refractivity contribution >= 4 is 35.0 Å². The number of amides is 2. The molecule has 2 aromatic carbocycles. The number of benzene rings is 2. The minimum absolute atomic E-state index is 0.0640. The first kappa shape index (κ1) is 31.3. The Morgan fingerprint density at radius 3 is 2.36 bits per heavy atom. The number of H-pyrrole nitrogens is 1. The van der Waals surface area contributed by atoms with E-state index in [0.29, 0.717) is 5.56 Å². The molecule has 0 saturated carbocycles. The lowest BCUT2D eigenvalue weighted by molar-refractivity contribution is -0.139. The quantitative estimate of drug-likeness (QED) is 0.122. The van der Waals surface area contributed by atoms with Crippen molar-refractivity contribution in [2.75, 3.05) is 11.9 Å². The number of anilines is 1. The molecule has 2 amide bonds. The number of ketones is 2. The summed E-state index contributed by atoms with van der Waals surface area (Å²) in [6.07, 6.45) is -1.74. The Morgan fingerprint density at radius 2 is 1.74 bits per heavy atom. The Balaban J connectivity index is 1.61. The van der Waals surface area contributed by atoms with E-state index < -0.39 is 96.2 Å². The Bertz CT molecular complexity index is 1480. The molecule has 0 unspecified atom stereocenters. The van der Waals surface area contributed by atoms with Gasteiger partial charge in [0.2, 0.25) is 29.1 Å². The Kier molecular flexibility index (Phi) is 10.4. The SMILES string of the molecule is C[C@H](CC(=O)C(=O)Nc1cccc(-c2nn[nH]n2)c1)C(=O)N[C@@H](CCC(=O)O)C(=O)COc1c(F)c(F)cc(F)c1F. The molecular weight excluding hydrogens is 572 g/mol. The molecule has 2 atom stereocenters. The van der Waals surface area contributed by atoms with Gasteiger partial charge in [-0.3, -0.25) is 24.0 Å². The van der Waals surface area contributed by atoms with Crippen molar-refractivity contribution in [3.8, 4) is 17.1 Å². The van der Waals surface area contributed by atoms with Gasteiger partial charge in [0.15, 0.2) is 23.2 Å². The highest BCUT2D eigenvalue weighted by atomic mass is 19.2. The summed E-state index contributed by atoms with van der Waals surface area (Å²) in [5.74, 6) is -15.3. The van der Waals surface area contributed by atoms with Crippen LogP contribution in [0, 0.1) is 29.2 Å². The number of aromatic nitrogens is 4. The maximum atomic E-state index is 13.8. The second-order valence-electron chi connectivity index (χ2n) is 8.84. The predicted octanol–water partition coefficient (Wildman–Crippen LogP) is 1.95. The van der Waals surface area contributed by atoms with E-state index in [0.717, 1.165) is 0 Å². The zero-order valence-electron chi connectivity index (χ0n) is 21.6. The number of aromatic amines is 1. The highest BCUT2D eigenvalue weighted by molar-refractivity contribution is 6.40. The normalized spacial score (nSPS) is 12.2. The van der Waals surface area contributed by atoms with Crippen LogP contribution in [0.3, 0.4) is 0 Å².